The molecule has 4 aromatic rings. The highest BCUT2D eigenvalue weighted by Crippen LogP contribution is 2.34. The topological polar surface area (TPSA) is 48.7 Å². The van der Waals surface area contributed by atoms with Crippen LogP contribution < -0.4 is 4.74 Å². The summed E-state index contributed by atoms with van der Waals surface area (Å²) in [5, 5.41) is 7.90. The van der Waals surface area contributed by atoms with Gasteiger partial charge in [0.05, 0.1) is 16.8 Å². The molecule has 7 heteroatoms. The lowest BCUT2D eigenvalue weighted by Crippen LogP contribution is -2.35. The maximum atomic E-state index is 6.07. The fourth-order valence-corrected chi connectivity index (χ4v) is 5.69. The Morgan fingerprint density at radius 1 is 1.22 bits per heavy atom. The van der Waals surface area contributed by atoms with E-state index in [1.54, 1.807) is 17.7 Å². The van der Waals surface area contributed by atoms with E-state index in [-0.39, 0.29) is 6.29 Å². The summed E-state index contributed by atoms with van der Waals surface area (Å²) in [6, 6.07) is 12.7. The molecule has 2 aromatic carbocycles. The molecular weight excluding hydrogens is 533 g/mol. The Labute approximate surface area is 207 Å². The highest BCUT2D eigenvalue weighted by atomic mass is 127. The maximum Gasteiger partial charge on any atom is 0.217 e. The summed E-state index contributed by atoms with van der Waals surface area (Å²) in [5.74, 6) is 1.50. The van der Waals surface area contributed by atoms with Crippen LogP contribution in [0.1, 0.15) is 50.7 Å². The number of thiazole rings is 1. The van der Waals surface area contributed by atoms with Crippen LogP contribution in [0.25, 0.3) is 15.2 Å². The average Bonchev–Trinajstić information content (AvgIpc) is 3.36. The van der Waals surface area contributed by atoms with Gasteiger partial charge in [-0.25, -0.2) is 0 Å². The monoisotopic (exact) mass is 563 g/mol. The first kappa shape index (κ1) is 23.4. The molecule has 3 heterocycles. The molecular formula is C25H30IN3O2S. The van der Waals surface area contributed by atoms with E-state index in [9.17, 15) is 0 Å². The van der Waals surface area contributed by atoms with E-state index in [0.29, 0.717) is 5.92 Å². The second-order valence-corrected chi connectivity index (χ2v) is 10.5. The number of ether oxygens (including phenoxy) is 2. The van der Waals surface area contributed by atoms with Crippen molar-refractivity contribution in [2.45, 2.75) is 59.2 Å². The van der Waals surface area contributed by atoms with E-state index in [0.717, 1.165) is 30.2 Å². The first-order valence-corrected chi connectivity index (χ1v) is 13.2. The Balaban J connectivity index is 0.000000163. The van der Waals surface area contributed by atoms with Crippen molar-refractivity contribution in [3.05, 3.63) is 57.4 Å². The van der Waals surface area contributed by atoms with Gasteiger partial charge < -0.3 is 9.47 Å². The normalized spacial score (nSPS) is 17.6. The van der Waals surface area contributed by atoms with E-state index < -0.39 is 0 Å². The Hall–Kier alpha value is -1.71. The van der Waals surface area contributed by atoms with Crippen molar-refractivity contribution >= 4 is 49.1 Å². The van der Waals surface area contributed by atoms with Crippen molar-refractivity contribution in [1.29, 1.82) is 0 Å². The van der Waals surface area contributed by atoms with Crippen LogP contribution in [0.15, 0.2) is 42.7 Å². The third-order valence-electron chi connectivity index (χ3n) is 5.73. The predicted octanol–water partition coefficient (Wildman–Crippen LogP) is 7.04. The molecule has 0 spiro atoms. The van der Waals surface area contributed by atoms with Gasteiger partial charge in [-0.15, -0.1) is 10.2 Å². The van der Waals surface area contributed by atoms with E-state index in [4.69, 9.17) is 9.47 Å². The number of aromatic nitrogens is 3. The van der Waals surface area contributed by atoms with Crippen LogP contribution in [0.2, 0.25) is 0 Å². The van der Waals surface area contributed by atoms with Crippen molar-refractivity contribution in [3.8, 4) is 5.75 Å². The minimum Gasteiger partial charge on any atom is -0.464 e. The van der Waals surface area contributed by atoms with Crippen molar-refractivity contribution < 1.29 is 9.47 Å². The molecule has 5 nitrogen and oxygen atoms in total. The lowest BCUT2D eigenvalue weighted by Gasteiger charge is -2.33. The van der Waals surface area contributed by atoms with Crippen molar-refractivity contribution in [2.75, 3.05) is 6.61 Å². The summed E-state index contributed by atoms with van der Waals surface area (Å²) < 4.78 is 16.6. The molecule has 0 amide bonds. The van der Waals surface area contributed by atoms with Crippen LogP contribution in [0, 0.1) is 16.4 Å². The molecule has 0 fully saturated rings. The second-order valence-electron chi connectivity index (χ2n) is 8.22. The molecule has 5 rings (SSSR count). The molecule has 0 radical (unpaired) electrons. The molecule has 2 atom stereocenters. The van der Waals surface area contributed by atoms with Gasteiger partial charge in [-0.1, -0.05) is 50.2 Å². The first-order valence-electron chi connectivity index (χ1n) is 11.3. The molecule has 0 saturated carbocycles. The number of rotatable bonds is 6. The van der Waals surface area contributed by atoms with Gasteiger partial charge in [0.15, 0.2) is 0 Å². The third kappa shape index (κ3) is 5.26. The molecule has 0 bridgehead atoms. The largest absolute Gasteiger partial charge is 0.464 e. The highest BCUT2D eigenvalue weighted by Gasteiger charge is 2.30. The summed E-state index contributed by atoms with van der Waals surface area (Å²) in [4.78, 5) is 0.962. The van der Waals surface area contributed by atoms with E-state index >= 15 is 0 Å². The fraction of sp³-hybridized carbons (Fsp3) is 0.440. The van der Waals surface area contributed by atoms with Crippen molar-refractivity contribution in [3.63, 3.8) is 0 Å². The van der Waals surface area contributed by atoms with Gasteiger partial charge in [0.25, 0.3) is 0 Å². The van der Waals surface area contributed by atoms with Crippen molar-refractivity contribution in [1.82, 2.24) is 14.6 Å². The molecule has 0 saturated heterocycles. The zero-order valence-corrected chi connectivity index (χ0v) is 21.9. The Bertz CT molecular complexity index is 1170. The minimum absolute atomic E-state index is 0.0564. The Kier molecular flexibility index (Phi) is 8.02. The van der Waals surface area contributed by atoms with Gasteiger partial charge in [-0.2, -0.15) is 0 Å². The molecule has 32 heavy (non-hydrogen) atoms. The number of halogens is 1. The zero-order valence-electron chi connectivity index (χ0n) is 18.9. The summed E-state index contributed by atoms with van der Waals surface area (Å²) >= 11 is 4.03. The van der Waals surface area contributed by atoms with Crippen LogP contribution in [0.3, 0.4) is 0 Å². The van der Waals surface area contributed by atoms with Gasteiger partial charge >= 0.3 is 0 Å². The van der Waals surface area contributed by atoms with Gasteiger partial charge in [0.1, 0.15) is 12.1 Å². The lowest BCUT2D eigenvalue weighted by atomic mass is 9.91. The molecule has 2 unspecified atom stereocenters. The Morgan fingerprint density at radius 3 is 2.91 bits per heavy atom. The van der Waals surface area contributed by atoms with Gasteiger partial charge in [0.2, 0.25) is 11.3 Å². The van der Waals surface area contributed by atoms with Crippen LogP contribution in [0.4, 0.5) is 0 Å². The minimum atomic E-state index is -0.0564. The average molecular weight is 564 g/mol. The number of unbranched alkanes of at least 4 members (excludes halogenated alkanes) is 1. The summed E-state index contributed by atoms with van der Waals surface area (Å²) in [6.45, 7) is 7.33. The summed E-state index contributed by atoms with van der Waals surface area (Å²) in [7, 11) is 0. The molecule has 0 N–H and O–H groups in total. The quantitative estimate of drug-likeness (QED) is 0.187. The molecule has 1 aliphatic heterocycles. The molecule has 170 valence electrons. The van der Waals surface area contributed by atoms with Gasteiger partial charge in [0, 0.05) is 9.49 Å². The second kappa shape index (κ2) is 10.9. The summed E-state index contributed by atoms with van der Waals surface area (Å²) in [6.07, 6.45) is 7.41. The number of hydrogen-bond donors (Lipinski definition) is 0. The standard InChI is InChI=1S/C16H23IO2.C9H7N3S/c1-3-5-9-18-16-12(6-4-2)10-13-11-14(17)7-8-15(13)19-16;1-6-3-2-4-7-8(6)12-5-10-11-9(12)13-7/h7-8,11-12,16H,3-6,9-10H2,1-2H3;2-5H,1H3. The van der Waals surface area contributed by atoms with E-state index in [2.05, 4.69) is 90.0 Å². The van der Waals surface area contributed by atoms with E-state index in [1.807, 2.05) is 4.40 Å². The zero-order chi connectivity index (χ0) is 22.5. The molecule has 1 aliphatic rings. The first-order chi connectivity index (χ1) is 15.6. The number of nitrogens with zero attached hydrogens (tertiary/aromatic N) is 3. The number of benzene rings is 2. The van der Waals surface area contributed by atoms with E-state index in [1.165, 1.54) is 44.2 Å². The molecule has 0 aliphatic carbocycles. The fourth-order valence-electron chi connectivity index (χ4n) is 4.11. The smallest absolute Gasteiger partial charge is 0.217 e. The van der Waals surface area contributed by atoms with Crippen LogP contribution in [-0.2, 0) is 11.2 Å². The van der Waals surface area contributed by atoms with Crippen molar-refractivity contribution in [2.24, 2.45) is 5.92 Å². The van der Waals surface area contributed by atoms with Crippen LogP contribution in [-0.4, -0.2) is 27.5 Å². The van der Waals surface area contributed by atoms with Crippen LogP contribution in [0.5, 0.6) is 5.75 Å². The number of para-hydroxylation sites is 1. The summed E-state index contributed by atoms with van der Waals surface area (Å²) in [5.41, 5.74) is 3.83. The maximum absolute atomic E-state index is 6.07. The van der Waals surface area contributed by atoms with Gasteiger partial charge in [-0.05, 0) is 84.2 Å². The third-order valence-corrected chi connectivity index (χ3v) is 7.41. The van der Waals surface area contributed by atoms with Crippen LogP contribution >= 0.6 is 33.9 Å². The number of hydrogen-bond acceptors (Lipinski definition) is 5. The highest BCUT2D eigenvalue weighted by molar-refractivity contribution is 14.1. The Morgan fingerprint density at radius 2 is 2.09 bits per heavy atom. The molecule has 2 aromatic heterocycles. The number of fused-ring (bicyclic) bond motifs is 4. The van der Waals surface area contributed by atoms with Gasteiger partial charge in [-0.3, -0.25) is 4.40 Å². The SMILES string of the molecule is CCCCOC1Oc2ccc(I)cc2CC1CCC.Cc1cccc2sc3nncn3c12. The number of aryl methyl sites for hydroxylation is 1. The predicted molar refractivity (Wildman–Crippen MR) is 140 cm³/mol. The lowest BCUT2D eigenvalue weighted by molar-refractivity contribution is -0.126.